The van der Waals surface area contributed by atoms with Crippen LogP contribution in [-0.2, 0) is 12.8 Å². The van der Waals surface area contributed by atoms with Crippen molar-refractivity contribution in [3.8, 4) is 0 Å². The number of H-pyrrole nitrogens is 1. The molecule has 3 aliphatic rings. The fraction of sp³-hybridized carbons (Fsp3) is 0.273. The van der Waals surface area contributed by atoms with Crippen LogP contribution >= 0.6 is 11.8 Å². The van der Waals surface area contributed by atoms with E-state index in [2.05, 4.69) is 45.3 Å². The summed E-state index contributed by atoms with van der Waals surface area (Å²) < 4.78 is 0. The van der Waals surface area contributed by atoms with Gasteiger partial charge in [0.2, 0.25) is 0 Å². The summed E-state index contributed by atoms with van der Waals surface area (Å²) in [6, 6.07) is 6.69. The summed E-state index contributed by atoms with van der Waals surface area (Å²) in [7, 11) is 0. The summed E-state index contributed by atoms with van der Waals surface area (Å²) in [5, 5.41) is 3.33. The first kappa shape index (κ1) is 15.5. The van der Waals surface area contributed by atoms with Crippen LogP contribution < -0.4 is 5.73 Å². The molecule has 3 heterocycles. The fourth-order valence-corrected chi connectivity index (χ4v) is 5.67. The average molecular weight is 372 g/mol. The number of aliphatic imine (C=N–C) groups is 1. The zero-order valence-electron chi connectivity index (χ0n) is 15.0. The smallest absolute Gasteiger partial charge is 0.159 e. The third-order valence-corrected chi connectivity index (χ3v) is 6.93. The molecule has 1 unspecified atom stereocenters. The molecule has 0 amide bonds. The van der Waals surface area contributed by atoms with E-state index in [1.807, 2.05) is 6.20 Å². The summed E-state index contributed by atoms with van der Waals surface area (Å²) in [6.07, 6.45) is 12.3. The largest absolute Gasteiger partial charge is 0.378 e. The number of aromatic amines is 1. The molecule has 1 atom stereocenters. The van der Waals surface area contributed by atoms with Gasteiger partial charge in [-0.25, -0.2) is 0 Å². The molecule has 0 bridgehead atoms. The van der Waals surface area contributed by atoms with E-state index in [9.17, 15) is 0 Å². The Labute approximate surface area is 161 Å². The molecule has 6 rings (SSSR count). The van der Waals surface area contributed by atoms with Gasteiger partial charge in [0, 0.05) is 33.1 Å². The lowest BCUT2D eigenvalue weighted by Crippen LogP contribution is -2.11. The summed E-state index contributed by atoms with van der Waals surface area (Å²) >= 11 is 1.62. The molecule has 3 N–H and O–H groups in total. The molecule has 4 nitrogen and oxygen atoms in total. The van der Waals surface area contributed by atoms with E-state index < -0.39 is 0 Å². The zero-order valence-corrected chi connectivity index (χ0v) is 15.8. The molecule has 3 aromatic rings. The summed E-state index contributed by atoms with van der Waals surface area (Å²) in [5.74, 6) is 0. The van der Waals surface area contributed by atoms with Gasteiger partial charge in [0.15, 0.2) is 5.17 Å². The Hall–Kier alpha value is -2.53. The van der Waals surface area contributed by atoms with Crippen LogP contribution in [0.3, 0.4) is 0 Å². The van der Waals surface area contributed by atoms with Crippen LogP contribution in [0, 0.1) is 0 Å². The third kappa shape index (κ3) is 2.31. The van der Waals surface area contributed by atoms with E-state index in [4.69, 9.17) is 5.73 Å². The maximum absolute atomic E-state index is 5.94. The fourth-order valence-electron chi connectivity index (χ4n) is 4.78. The lowest BCUT2D eigenvalue weighted by Gasteiger charge is -2.24. The molecule has 0 saturated carbocycles. The lowest BCUT2D eigenvalue weighted by atomic mass is 9.84. The molecule has 134 valence electrons. The molecular weight excluding hydrogens is 352 g/mol. The van der Waals surface area contributed by atoms with E-state index >= 15 is 0 Å². The van der Waals surface area contributed by atoms with E-state index in [1.54, 1.807) is 11.8 Å². The van der Waals surface area contributed by atoms with Gasteiger partial charge in [-0.3, -0.25) is 9.98 Å². The van der Waals surface area contributed by atoms with Gasteiger partial charge in [-0.2, -0.15) is 0 Å². The normalized spacial score (nSPS) is 21.6. The maximum Gasteiger partial charge on any atom is 0.159 e. The van der Waals surface area contributed by atoms with Gasteiger partial charge < -0.3 is 10.7 Å². The molecule has 2 aromatic heterocycles. The van der Waals surface area contributed by atoms with Crippen molar-refractivity contribution >= 4 is 44.3 Å². The molecule has 0 saturated heterocycles. The second-order valence-corrected chi connectivity index (χ2v) is 8.65. The first-order chi connectivity index (χ1) is 13.3. The van der Waals surface area contributed by atoms with Crippen LogP contribution in [0.1, 0.15) is 36.1 Å². The predicted octanol–water partition coefficient (Wildman–Crippen LogP) is 4.70. The van der Waals surface area contributed by atoms with Crippen LogP contribution in [0.2, 0.25) is 0 Å². The highest BCUT2D eigenvalue weighted by Gasteiger charge is 2.27. The number of nitrogens with two attached hydrogens (primary N) is 1. The molecule has 0 radical (unpaired) electrons. The Kier molecular flexibility index (Phi) is 3.29. The molecule has 2 aliphatic carbocycles. The van der Waals surface area contributed by atoms with Crippen molar-refractivity contribution < 1.29 is 0 Å². The van der Waals surface area contributed by atoms with Crippen LogP contribution in [0.15, 0.2) is 46.4 Å². The number of allylic oxidation sites excluding steroid dienone is 2. The quantitative estimate of drug-likeness (QED) is 0.651. The summed E-state index contributed by atoms with van der Waals surface area (Å²) in [4.78, 5) is 14.1. The van der Waals surface area contributed by atoms with Crippen molar-refractivity contribution in [2.45, 2.75) is 38.1 Å². The minimum Gasteiger partial charge on any atom is -0.378 e. The van der Waals surface area contributed by atoms with Crippen molar-refractivity contribution in [1.29, 1.82) is 0 Å². The SMILES string of the molecule is NC1=NC2CC=C(c3[nH]c4ccc5nccc5c4c4c3CCCC4)C=C2S1. The Morgan fingerprint density at radius 2 is 2.00 bits per heavy atom. The number of aromatic nitrogens is 2. The number of nitrogens with zero attached hydrogens (tertiary/aromatic N) is 2. The van der Waals surface area contributed by atoms with Crippen molar-refractivity contribution in [2.75, 3.05) is 0 Å². The van der Waals surface area contributed by atoms with Gasteiger partial charge in [-0.1, -0.05) is 17.8 Å². The molecular formula is C22H20N4S. The summed E-state index contributed by atoms with van der Waals surface area (Å²) in [6.45, 7) is 0. The van der Waals surface area contributed by atoms with Gasteiger partial charge in [0.1, 0.15) is 0 Å². The Morgan fingerprint density at radius 3 is 2.93 bits per heavy atom. The average Bonchev–Trinajstić information content (AvgIpc) is 3.31. The highest BCUT2D eigenvalue weighted by atomic mass is 32.2. The highest BCUT2D eigenvalue weighted by molar-refractivity contribution is 8.17. The Bertz CT molecular complexity index is 1200. The van der Waals surface area contributed by atoms with Gasteiger partial charge in [-0.15, -0.1) is 0 Å². The lowest BCUT2D eigenvalue weighted by molar-refractivity contribution is 0.686. The number of hydrogen-bond acceptors (Lipinski definition) is 4. The molecule has 0 fully saturated rings. The van der Waals surface area contributed by atoms with E-state index in [0.717, 1.165) is 24.8 Å². The topological polar surface area (TPSA) is 67.1 Å². The van der Waals surface area contributed by atoms with E-state index in [-0.39, 0.29) is 6.04 Å². The number of fused-ring (bicyclic) bond motifs is 6. The van der Waals surface area contributed by atoms with Crippen molar-refractivity contribution in [3.05, 3.63) is 58.3 Å². The molecule has 1 aromatic carbocycles. The van der Waals surface area contributed by atoms with Crippen LogP contribution in [0.5, 0.6) is 0 Å². The number of pyridine rings is 1. The zero-order chi connectivity index (χ0) is 18.0. The first-order valence-electron chi connectivity index (χ1n) is 9.62. The number of rotatable bonds is 1. The number of benzene rings is 1. The Balaban J connectivity index is 1.59. The number of aryl methyl sites for hydroxylation is 1. The first-order valence-corrected chi connectivity index (χ1v) is 10.4. The molecule has 0 spiro atoms. The maximum atomic E-state index is 5.94. The van der Waals surface area contributed by atoms with Crippen LogP contribution in [0.25, 0.3) is 27.4 Å². The summed E-state index contributed by atoms with van der Waals surface area (Å²) in [5.41, 5.74) is 13.8. The molecule has 1 aliphatic heterocycles. The second-order valence-electron chi connectivity index (χ2n) is 7.56. The van der Waals surface area contributed by atoms with Crippen molar-refractivity contribution in [1.82, 2.24) is 9.97 Å². The van der Waals surface area contributed by atoms with Crippen molar-refractivity contribution in [2.24, 2.45) is 10.7 Å². The third-order valence-electron chi connectivity index (χ3n) is 5.99. The monoisotopic (exact) mass is 372 g/mol. The Morgan fingerprint density at radius 1 is 1.11 bits per heavy atom. The number of thioether (sulfide) groups is 1. The predicted molar refractivity (Wildman–Crippen MR) is 114 cm³/mol. The number of hydrogen-bond donors (Lipinski definition) is 2. The van der Waals surface area contributed by atoms with Gasteiger partial charge >= 0.3 is 0 Å². The van der Waals surface area contributed by atoms with Crippen LogP contribution in [0.4, 0.5) is 0 Å². The minimum atomic E-state index is 0.227. The number of amidine groups is 1. The standard InChI is InChI=1S/C22H20N4S/c23-22-26-17-6-5-12(11-19(17)27-22)21-14-4-2-1-3-13(14)20-15-9-10-24-16(15)7-8-18(20)25-21/h5,7-11,17,25H,1-4,6H2,(H2,23,26). The highest BCUT2D eigenvalue weighted by Crippen LogP contribution is 2.41. The minimum absolute atomic E-state index is 0.227. The van der Waals surface area contributed by atoms with Crippen molar-refractivity contribution in [3.63, 3.8) is 0 Å². The van der Waals surface area contributed by atoms with E-state index in [0.29, 0.717) is 5.17 Å². The van der Waals surface area contributed by atoms with Gasteiger partial charge in [0.05, 0.1) is 11.6 Å². The van der Waals surface area contributed by atoms with Gasteiger partial charge in [0.25, 0.3) is 0 Å². The van der Waals surface area contributed by atoms with Crippen LogP contribution in [-0.4, -0.2) is 21.2 Å². The van der Waals surface area contributed by atoms with Gasteiger partial charge in [-0.05, 0) is 73.1 Å². The number of nitrogens with one attached hydrogen (secondary N) is 1. The molecule has 5 heteroatoms. The second kappa shape index (κ2) is 5.73. The molecule has 27 heavy (non-hydrogen) atoms. The van der Waals surface area contributed by atoms with E-state index in [1.165, 1.54) is 56.4 Å².